The number of fused-ring (bicyclic) bond motifs is 1. The minimum Gasteiger partial charge on any atom is -0.507 e. The van der Waals surface area contributed by atoms with E-state index in [1.807, 2.05) is 54.3 Å². The Bertz CT molecular complexity index is 4730. The van der Waals surface area contributed by atoms with Crippen molar-refractivity contribution in [2.75, 3.05) is 61.8 Å². The average Bonchev–Trinajstić information content (AvgIpc) is 0.780. The predicted octanol–water partition coefficient (Wildman–Crippen LogP) is 14.0. The minimum absolute atomic E-state index is 0.0231. The molecule has 1 atom stereocenters. The van der Waals surface area contributed by atoms with Crippen molar-refractivity contribution in [2.45, 2.75) is 31.0 Å². The number of carbonyl (C=O) groups excluding carboxylic acids is 3. The summed E-state index contributed by atoms with van der Waals surface area (Å²) in [6, 6.07) is 47.6. The van der Waals surface area contributed by atoms with Crippen molar-refractivity contribution in [3.05, 3.63) is 243 Å². The number of nitrogens with zero attached hydrogens (tertiary/aromatic N) is 8. The van der Waals surface area contributed by atoms with E-state index in [9.17, 15) is 50.7 Å². The molecule has 11 rings (SSSR count). The number of amides is 4. The van der Waals surface area contributed by atoms with E-state index in [0.29, 0.717) is 94.6 Å². The summed E-state index contributed by atoms with van der Waals surface area (Å²) in [6.45, 7) is 6.82. The second-order valence-corrected chi connectivity index (χ2v) is 23.8. The lowest BCUT2D eigenvalue weighted by Gasteiger charge is -2.38. The number of alkyl halides is 3. The number of benzene rings is 7. The normalized spacial score (nSPS) is 12.6. The Kier molecular flexibility index (Phi) is 23.9. The summed E-state index contributed by atoms with van der Waals surface area (Å²) in [4.78, 5) is 78.3. The third-order valence-electron chi connectivity index (χ3n) is 14.6. The Morgan fingerprint density at radius 2 is 1.36 bits per heavy atom. The van der Waals surface area contributed by atoms with Crippen LogP contribution in [0.25, 0.3) is 16.6 Å². The number of rotatable bonds is 19. The van der Waals surface area contributed by atoms with Gasteiger partial charge in [-0.3, -0.25) is 33.6 Å². The quantitative estimate of drug-likeness (QED) is 0.0410. The van der Waals surface area contributed by atoms with Gasteiger partial charge in [0.15, 0.2) is 6.61 Å². The van der Waals surface area contributed by atoms with E-state index in [2.05, 4.69) is 52.7 Å². The highest BCUT2D eigenvalue weighted by Gasteiger charge is 2.34. The fraction of sp³-hybridized carbons (Fsp3) is 0.159. The standard InChI is InChI=1S/C30H31ClN4O4.C21H16ClF3N4O3.C18H14N4O5S/c1-3-38-27-11-7-6-10-26(27)35-29(32-25-9-5-4-8-24(25)30(35)37)21(2)33-16-18-34(19-17-33)28(36)20-39-23-14-12-22(31)13-15-23;1-26-19(30)18-11-15(8-9-27-18)32-14-5-2-12(3-6-14)28-20(31)29-13-4-7-17(22)16(10-13)21(23,24)25;23-16-9-6-13(11-15(16)18(24)25)21-20-12-4-7-14(8-5-12)28(26,27)22-17-3-1-2-10-19-17/h4-15,21H,3,16-20H2,1-2H3;2-11H,1H3,(H,26,30)(H2,28,29,31);1-11,23H,(H,19,22)(H,24,25). The number of carbonyl (C=O) groups is 4. The van der Waals surface area contributed by atoms with E-state index in [4.69, 9.17) is 47.5 Å². The molecule has 1 aliphatic rings. The van der Waals surface area contributed by atoms with Crippen molar-refractivity contribution in [3.63, 3.8) is 0 Å². The molecule has 0 spiro atoms. The summed E-state index contributed by atoms with van der Waals surface area (Å²) in [6.07, 6.45) is -1.74. The molecule has 0 saturated carbocycles. The van der Waals surface area contributed by atoms with Gasteiger partial charge in [-0.1, -0.05) is 53.5 Å². The number of hydrogen-bond acceptors (Lipinski definition) is 17. The van der Waals surface area contributed by atoms with Gasteiger partial charge in [0.2, 0.25) is 0 Å². The van der Waals surface area contributed by atoms with Crippen LogP contribution in [-0.4, -0.2) is 118 Å². The maximum atomic E-state index is 13.8. The second kappa shape index (κ2) is 33.0. The number of para-hydroxylation sites is 3. The second-order valence-electron chi connectivity index (χ2n) is 21.2. The van der Waals surface area contributed by atoms with Crippen LogP contribution >= 0.6 is 23.2 Å². The van der Waals surface area contributed by atoms with Crippen LogP contribution in [0.1, 0.15) is 52.1 Å². The number of carboxylic acid groups (broad SMARTS) is 1. The van der Waals surface area contributed by atoms with Crippen LogP contribution in [0.15, 0.2) is 220 Å². The third-order valence-corrected chi connectivity index (χ3v) is 16.5. The van der Waals surface area contributed by atoms with Crippen LogP contribution in [0.3, 0.4) is 0 Å². The molecular formula is C69H61Cl2F3N12O12S. The third kappa shape index (κ3) is 19.4. The van der Waals surface area contributed by atoms with Crippen LogP contribution in [0, 0.1) is 0 Å². The number of aromatic carboxylic acids is 1. The van der Waals surface area contributed by atoms with Gasteiger partial charge >= 0.3 is 18.2 Å². The molecule has 0 bridgehead atoms. The Labute approximate surface area is 574 Å². The largest absolute Gasteiger partial charge is 0.507 e. The van der Waals surface area contributed by atoms with Gasteiger partial charge in [-0.15, -0.1) is 0 Å². The number of nitrogens with one attached hydrogen (secondary N) is 4. The summed E-state index contributed by atoms with van der Waals surface area (Å²) in [5.41, 5.74) is 0.932. The molecule has 24 nitrogen and oxygen atoms in total. The van der Waals surface area contributed by atoms with Crippen molar-refractivity contribution in [1.82, 2.24) is 34.6 Å². The number of halogens is 5. The molecule has 510 valence electrons. The minimum atomic E-state index is -4.64. The zero-order valence-corrected chi connectivity index (χ0v) is 55.1. The molecule has 4 heterocycles. The van der Waals surface area contributed by atoms with Crippen LogP contribution in [0.2, 0.25) is 10.0 Å². The first-order chi connectivity index (χ1) is 47.5. The number of pyridine rings is 2. The highest BCUT2D eigenvalue weighted by molar-refractivity contribution is 7.92. The molecule has 4 amide bonds. The van der Waals surface area contributed by atoms with Crippen LogP contribution < -0.4 is 40.4 Å². The summed E-state index contributed by atoms with van der Waals surface area (Å²) in [5, 5.41) is 34.3. The molecule has 1 unspecified atom stereocenters. The first kappa shape index (κ1) is 71.8. The van der Waals surface area contributed by atoms with Crippen LogP contribution in [-0.2, 0) is 21.0 Å². The van der Waals surface area contributed by atoms with E-state index >= 15 is 0 Å². The van der Waals surface area contributed by atoms with Gasteiger partial charge in [-0.05, 0) is 166 Å². The number of aromatic nitrogens is 4. The number of piperazine rings is 1. The van der Waals surface area contributed by atoms with Crippen molar-refractivity contribution in [1.29, 1.82) is 0 Å². The number of hydrogen-bond donors (Lipinski definition) is 6. The Hall–Kier alpha value is -11.5. The molecule has 99 heavy (non-hydrogen) atoms. The monoisotopic (exact) mass is 1410 g/mol. The highest BCUT2D eigenvalue weighted by Crippen LogP contribution is 2.37. The van der Waals surface area contributed by atoms with Crippen molar-refractivity contribution in [2.24, 2.45) is 10.2 Å². The number of urea groups is 1. The summed E-state index contributed by atoms with van der Waals surface area (Å²) < 4.78 is 84.7. The van der Waals surface area contributed by atoms with Gasteiger partial charge in [-0.25, -0.2) is 28.0 Å². The van der Waals surface area contributed by atoms with Crippen LogP contribution in [0.5, 0.6) is 28.7 Å². The maximum absolute atomic E-state index is 13.8. The predicted molar refractivity (Wildman–Crippen MR) is 366 cm³/mol. The number of azo groups is 1. The lowest BCUT2D eigenvalue weighted by molar-refractivity contribution is -0.137. The molecule has 3 aromatic heterocycles. The van der Waals surface area contributed by atoms with Crippen molar-refractivity contribution >= 4 is 96.5 Å². The molecule has 1 aliphatic heterocycles. The van der Waals surface area contributed by atoms with Crippen LogP contribution in [0.4, 0.5) is 46.5 Å². The van der Waals surface area contributed by atoms with Gasteiger partial charge in [0.1, 0.15) is 51.6 Å². The van der Waals surface area contributed by atoms with Gasteiger partial charge in [0.05, 0.1) is 56.1 Å². The topological polar surface area (TPSA) is 311 Å². The van der Waals surface area contributed by atoms with E-state index in [1.165, 1.54) is 80.1 Å². The first-order valence-electron chi connectivity index (χ1n) is 30.0. The Morgan fingerprint density at radius 3 is 2.05 bits per heavy atom. The molecule has 10 aromatic rings. The van der Waals surface area contributed by atoms with Crippen molar-refractivity contribution < 1.29 is 65.2 Å². The molecule has 1 saturated heterocycles. The first-order valence-corrected chi connectivity index (χ1v) is 32.3. The Morgan fingerprint density at radius 1 is 0.707 bits per heavy atom. The lowest BCUT2D eigenvalue weighted by Crippen LogP contribution is -2.51. The molecular weight excluding hydrogens is 1350 g/mol. The van der Waals surface area contributed by atoms with Crippen molar-refractivity contribution in [3.8, 4) is 34.4 Å². The zero-order valence-electron chi connectivity index (χ0n) is 52.7. The number of ether oxygens (including phenoxy) is 3. The number of phenols is 1. The van der Waals surface area contributed by atoms with E-state index < -0.39 is 38.8 Å². The Balaban J connectivity index is 0.000000176. The van der Waals surface area contributed by atoms with Gasteiger partial charge in [0, 0.05) is 68.1 Å². The summed E-state index contributed by atoms with van der Waals surface area (Å²) >= 11 is 11.5. The molecule has 0 radical (unpaired) electrons. The fourth-order valence-corrected chi connectivity index (χ4v) is 11.0. The molecule has 30 heteroatoms. The van der Waals surface area contributed by atoms with Gasteiger partial charge < -0.3 is 45.3 Å². The van der Waals surface area contributed by atoms with E-state index in [0.717, 1.165) is 12.1 Å². The number of anilines is 3. The number of sulfonamides is 1. The smallest absolute Gasteiger partial charge is 0.417 e. The lowest BCUT2D eigenvalue weighted by atomic mass is 10.1. The number of carboxylic acids is 1. The molecule has 1 fully saturated rings. The molecule has 6 N–H and O–H groups in total. The van der Waals surface area contributed by atoms with E-state index in [1.54, 1.807) is 77.4 Å². The SMILES string of the molecule is CCOc1ccccc1-n1c(C(C)N2CCN(C(=O)COc3ccc(Cl)cc3)CC2)nc2ccccc2c1=O.CNC(=O)c1cc(Oc2ccc(NC(=O)Nc3ccc(Cl)c(C(F)(F)F)c3)cc2)ccn1.O=C(O)c1cc(N=Nc2ccc(S(=O)(=O)Nc3ccccn3)cc2)ccc1O. The maximum Gasteiger partial charge on any atom is 0.417 e. The highest BCUT2D eigenvalue weighted by atomic mass is 35.5. The van der Waals surface area contributed by atoms with E-state index in [-0.39, 0.29) is 69.1 Å². The van der Waals surface area contributed by atoms with Gasteiger partial charge in [-0.2, -0.15) is 23.4 Å². The number of aromatic hydroxyl groups is 1. The molecule has 0 aliphatic carbocycles. The summed E-state index contributed by atoms with van der Waals surface area (Å²) in [7, 11) is -2.31. The molecule has 7 aromatic carbocycles. The summed E-state index contributed by atoms with van der Waals surface area (Å²) in [5.74, 6) is 0.803. The van der Waals surface area contributed by atoms with Gasteiger partial charge in [0.25, 0.3) is 27.4 Å². The zero-order chi connectivity index (χ0) is 70.8. The average molecular weight is 1410 g/mol. The fourth-order valence-electron chi connectivity index (χ4n) is 9.64.